The number of nitrogens with one attached hydrogen (secondary N) is 1. The van der Waals surface area contributed by atoms with Crippen molar-refractivity contribution in [2.45, 2.75) is 19.8 Å². The highest BCUT2D eigenvalue weighted by molar-refractivity contribution is 5.95. The summed E-state index contributed by atoms with van der Waals surface area (Å²) in [7, 11) is 0. The fourth-order valence-corrected chi connectivity index (χ4v) is 1.33. The van der Waals surface area contributed by atoms with Crippen molar-refractivity contribution < 1.29 is 9.53 Å². The Morgan fingerprint density at radius 2 is 2.36 bits per heavy atom. The molecule has 0 aliphatic carbocycles. The largest absolute Gasteiger partial charge is 0.480 e. The fourth-order valence-electron chi connectivity index (χ4n) is 1.33. The summed E-state index contributed by atoms with van der Waals surface area (Å²) in [6.07, 6.45) is 1.50. The number of hydrogen-bond donors (Lipinski definition) is 1. The number of ether oxygens (including phenoxy) is 1. The molecule has 0 radical (unpaired) electrons. The van der Waals surface area contributed by atoms with Crippen molar-refractivity contribution in [1.29, 1.82) is 0 Å². The van der Waals surface area contributed by atoms with Crippen molar-refractivity contribution in [1.82, 2.24) is 10.2 Å². The molecule has 0 bridgehead atoms. The third-order valence-electron chi connectivity index (χ3n) is 2.00. The van der Waals surface area contributed by atoms with Gasteiger partial charge in [-0.1, -0.05) is 13.8 Å². The van der Waals surface area contributed by atoms with Crippen LogP contribution in [0.5, 0.6) is 5.75 Å². The van der Waals surface area contributed by atoms with E-state index in [-0.39, 0.29) is 18.4 Å². The van der Waals surface area contributed by atoms with Crippen molar-refractivity contribution in [3.05, 3.63) is 11.9 Å². The molecule has 2 rings (SSSR count). The van der Waals surface area contributed by atoms with Gasteiger partial charge >= 0.3 is 0 Å². The number of nitrogens with zero attached hydrogens (tertiary/aromatic N) is 2. The molecule has 1 aromatic heterocycles. The summed E-state index contributed by atoms with van der Waals surface area (Å²) in [5.41, 5.74) is 1.39. The van der Waals surface area contributed by atoms with Crippen LogP contribution in [0, 0.1) is 0 Å². The van der Waals surface area contributed by atoms with Crippen molar-refractivity contribution >= 4 is 11.6 Å². The molecule has 1 aliphatic heterocycles. The normalized spacial score (nSPS) is 14.6. The summed E-state index contributed by atoms with van der Waals surface area (Å²) in [6, 6.07) is 0. The van der Waals surface area contributed by atoms with Crippen LogP contribution in [-0.4, -0.2) is 22.7 Å². The van der Waals surface area contributed by atoms with Crippen molar-refractivity contribution in [2.24, 2.45) is 0 Å². The highest BCUT2D eigenvalue weighted by Crippen LogP contribution is 2.32. The summed E-state index contributed by atoms with van der Waals surface area (Å²) in [5, 5.41) is 10.5. The van der Waals surface area contributed by atoms with Gasteiger partial charge in [0.25, 0.3) is 5.91 Å². The topological polar surface area (TPSA) is 64.1 Å². The van der Waals surface area contributed by atoms with Crippen LogP contribution in [0.3, 0.4) is 0 Å². The van der Waals surface area contributed by atoms with Crippen molar-refractivity contribution in [2.75, 3.05) is 11.9 Å². The quantitative estimate of drug-likeness (QED) is 0.720. The van der Waals surface area contributed by atoms with E-state index in [0.717, 1.165) is 5.69 Å². The zero-order chi connectivity index (χ0) is 10.1. The lowest BCUT2D eigenvalue weighted by atomic mass is 10.1. The monoisotopic (exact) mass is 193 g/mol. The fraction of sp³-hybridized carbons (Fsp3) is 0.444. The summed E-state index contributed by atoms with van der Waals surface area (Å²) in [5.74, 6) is 0.724. The molecule has 1 amide bonds. The van der Waals surface area contributed by atoms with E-state index in [1.54, 1.807) is 0 Å². The minimum absolute atomic E-state index is 0.0540. The van der Waals surface area contributed by atoms with Crippen LogP contribution in [0.25, 0.3) is 0 Å². The van der Waals surface area contributed by atoms with Gasteiger partial charge in [-0.2, -0.15) is 10.2 Å². The van der Waals surface area contributed by atoms with E-state index in [0.29, 0.717) is 11.4 Å². The van der Waals surface area contributed by atoms with Crippen LogP contribution in [0.2, 0.25) is 0 Å². The van der Waals surface area contributed by atoms with Gasteiger partial charge in [0.1, 0.15) is 11.4 Å². The molecule has 74 valence electrons. The minimum Gasteiger partial charge on any atom is -0.480 e. The molecular weight excluding hydrogens is 182 g/mol. The van der Waals surface area contributed by atoms with E-state index >= 15 is 0 Å². The van der Waals surface area contributed by atoms with Gasteiger partial charge in [0.2, 0.25) is 0 Å². The average Bonchev–Trinajstić information content (AvgIpc) is 2.16. The zero-order valence-electron chi connectivity index (χ0n) is 8.07. The van der Waals surface area contributed by atoms with Gasteiger partial charge in [0.05, 0.1) is 6.20 Å². The maximum atomic E-state index is 11.0. The molecule has 5 nitrogen and oxygen atoms in total. The van der Waals surface area contributed by atoms with Crippen LogP contribution in [0.4, 0.5) is 5.69 Å². The molecule has 1 aliphatic rings. The summed E-state index contributed by atoms with van der Waals surface area (Å²) in [4.78, 5) is 11.0. The number of anilines is 1. The minimum atomic E-state index is -0.153. The Bertz CT molecular complexity index is 376. The summed E-state index contributed by atoms with van der Waals surface area (Å²) >= 11 is 0. The van der Waals surface area contributed by atoms with E-state index in [4.69, 9.17) is 4.74 Å². The second kappa shape index (κ2) is 3.25. The van der Waals surface area contributed by atoms with Gasteiger partial charge in [0, 0.05) is 5.92 Å². The number of amides is 1. The van der Waals surface area contributed by atoms with E-state index in [1.807, 2.05) is 13.8 Å². The molecule has 0 aromatic carbocycles. The third-order valence-corrected chi connectivity index (χ3v) is 2.00. The van der Waals surface area contributed by atoms with Crippen LogP contribution >= 0.6 is 0 Å². The maximum absolute atomic E-state index is 11.0. The van der Waals surface area contributed by atoms with Crippen molar-refractivity contribution in [3.8, 4) is 5.75 Å². The molecule has 0 atom stereocenters. The first-order valence-electron chi connectivity index (χ1n) is 4.46. The molecule has 0 fully saturated rings. The van der Waals surface area contributed by atoms with Crippen molar-refractivity contribution in [3.63, 3.8) is 0 Å². The lowest BCUT2D eigenvalue weighted by Crippen LogP contribution is -2.26. The zero-order valence-corrected chi connectivity index (χ0v) is 8.07. The molecule has 0 saturated heterocycles. The number of fused-ring (bicyclic) bond motifs is 1. The lowest BCUT2D eigenvalue weighted by Gasteiger charge is -2.20. The second-order valence-electron chi connectivity index (χ2n) is 3.46. The van der Waals surface area contributed by atoms with E-state index in [2.05, 4.69) is 15.5 Å². The average molecular weight is 193 g/mol. The highest BCUT2D eigenvalue weighted by Gasteiger charge is 2.21. The van der Waals surface area contributed by atoms with Gasteiger partial charge in [-0.25, -0.2) is 0 Å². The Morgan fingerprint density at radius 3 is 3.07 bits per heavy atom. The predicted octanol–water partition coefficient (Wildman–Crippen LogP) is 0.931. The second-order valence-corrected chi connectivity index (χ2v) is 3.46. The summed E-state index contributed by atoms with van der Waals surface area (Å²) < 4.78 is 5.31. The molecule has 1 aromatic rings. The highest BCUT2D eigenvalue weighted by atomic mass is 16.5. The van der Waals surface area contributed by atoms with Crippen LogP contribution < -0.4 is 10.1 Å². The Hall–Kier alpha value is -1.65. The molecule has 1 N–H and O–H groups in total. The molecule has 0 unspecified atom stereocenters. The Labute approximate surface area is 81.5 Å². The van der Waals surface area contributed by atoms with E-state index < -0.39 is 0 Å². The molecule has 2 heterocycles. The molecule has 5 heteroatoms. The Kier molecular flexibility index (Phi) is 2.07. The Morgan fingerprint density at radius 1 is 1.57 bits per heavy atom. The van der Waals surface area contributed by atoms with Gasteiger partial charge in [-0.3, -0.25) is 4.79 Å². The van der Waals surface area contributed by atoms with E-state index in [1.165, 1.54) is 6.20 Å². The molecule has 14 heavy (non-hydrogen) atoms. The first-order chi connectivity index (χ1) is 6.68. The number of carbonyl (C=O) groups is 1. The summed E-state index contributed by atoms with van der Waals surface area (Å²) in [6.45, 7) is 4.06. The lowest BCUT2D eigenvalue weighted by molar-refractivity contribution is -0.118. The number of rotatable bonds is 1. The van der Waals surface area contributed by atoms with Crippen LogP contribution in [0.1, 0.15) is 25.5 Å². The van der Waals surface area contributed by atoms with Crippen LogP contribution in [0.15, 0.2) is 6.20 Å². The van der Waals surface area contributed by atoms with Crippen LogP contribution in [-0.2, 0) is 4.79 Å². The first kappa shape index (κ1) is 8.93. The predicted molar refractivity (Wildman–Crippen MR) is 50.2 cm³/mol. The number of carbonyl (C=O) groups excluding carboxylic acids is 1. The van der Waals surface area contributed by atoms with Gasteiger partial charge in [-0.05, 0) is 0 Å². The molecular formula is C9H11N3O2. The number of aromatic nitrogens is 2. The number of hydrogen-bond acceptors (Lipinski definition) is 4. The van der Waals surface area contributed by atoms with Gasteiger partial charge in [-0.15, -0.1) is 0 Å². The standard InChI is InChI=1S/C9H11N3O2/c1-5(2)8-9-6(3-10-12-8)11-7(13)4-14-9/h3,5H,4H2,1-2H3,(H,11,13). The third kappa shape index (κ3) is 1.41. The molecule has 0 spiro atoms. The molecule has 0 saturated carbocycles. The van der Waals surface area contributed by atoms with Gasteiger partial charge < -0.3 is 10.1 Å². The SMILES string of the molecule is CC(C)c1nncc2c1OCC(=O)N2. The van der Waals surface area contributed by atoms with E-state index in [9.17, 15) is 4.79 Å². The maximum Gasteiger partial charge on any atom is 0.262 e. The Balaban J connectivity index is 2.46. The first-order valence-corrected chi connectivity index (χ1v) is 4.46. The van der Waals surface area contributed by atoms with Gasteiger partial charge in [0.15, 0.2) is 12.4 Å². The smallest absolute Gasteiger partial charge is 0.262 e.